The van der Waals surface area contributed by atoms with E-state index in [9.17, 15) is 0 Å². The van der Waals surface area contributed by atoms with Crippen molar-refractivity contribution in [2.24, 2.45) is 0 Å². The highest BCUT2D eigenvalue weighted by atomic mass is 79.9. The molecular formula is C6H7BrN2O2. The van der Waals surface area contributed by atoms with Crippen LogP contribution in [0.5, 0.6) is 11.8 Å². The molecule has 0 unspecified atom stereocenters. The fourth-order valence-corrected chi connectivity index (χ4v) is 0.936. The zero-order valence-corrected chi connectivity index (χ0v) is 7.75. The normalized spacial score (nSPS) is 9.36. The zero-order chi connectivity index (χ0) is 8.27. The van der Waals surface area contributed by atoms with Crippen LogP contribution < -0.4 is 9.47 Å². The monoisotopic (exact) mass is 218 g/mol. The first-order chi connectivity index (χ1) is 5.26. The van der Waals surface area contributed by atoms with Crippen LogP contribution in [0, 0.1) is 0 Å². The molecule has 0 bridgehead atoms. The van der Waals surface area contributed by atoms with E-state index in [4.69, 9.17) is 9.47 Å². The molecule has 1 aromatic rings. The van der Waals surface area contributed by atoms with Gasteiger partial charge >= 0.3 is 0 Å². The maximum absolute atomic E-state index is 4.88. The lowest BCUT2D eigenvalue weighted by molar-refractivity contribution is 0.369. The van der Waals surface area contributed by atoms with E-state index < -0.39 is 0 Å². The summed E-state index contributed by atoms with van der Waals surface area (Å²) in [5, 5.41) is 0. The van der Waals surface area contributed by atoms with Gasteiger partial charge in [0.15, 0.2) is 0 Å². The Morgan fingerprint density at radius 3 is 2.00 bits per heavy atom. The van der Waals surface area contributed by atoms with Gasteiger partial charge in [0, 0.05) is 0 Å². The van der Waals surface area contributed by atoms with E-state index in [-0.39, 0.29) is 0 Å². The summed E-state index contributed by atoms with van der Waals surface area (Å²) in [6.07, 6.45) is 0. The molecule has 0 saturated heterocycles. The van der Waals surface area contributed by atoms with E-state index in [0.29, 0.717) is 16.5 Å². The van der Waals surface area contributed by atoms with Gasteiger partial charge in [0.2, 0.25) is 16.5 Å². The molecule has 0 aliphatic heterocycles. The quantitative estimate of drug-likeness (QED) is 0.702. The first kappa shape index (κ1) is 8.26. The van der Waals surface area contributed by atoms with Crippen LogP contribution in [0.4, 0.5) is 0 Å². The van der Waals surface area contributed by atoms with Gasteiger partial charge in [-0.2, -0.15) is 9.97 Å². The standard InChI is InChI=1S/C6H7BrN2O2/c1-10-4-3-5(11-2)9-6(7)8-4/h3H,1-2H3. The predicted octanol–water partition coefficient (Wildman–Crippen LogP) is 1.26. The highest BCUT2D eigenvalue weighted by Crippen LogP contribution is 2.17. The van der Waals surface area contributed by atoms with E-state index >= 15 is 0 Å². The first-order valence-electron chi connectivity index (χ1n) is 2.89. The molecule has 60 valence electrons. The minimum absolute atomic E-state index is 0.453. The minimum atomic E-state index is 0.453. The van der Waals surface area contributed by atoms with E-state index in [1.54, 1.807) is 6.07 Å². The highest BCUT2D eigenvalue weighted by molar-refractivity contribution is 9.10. The molecule has 0 aromatic carbocycles. The van der Waals surface area contributed by atoms with Gasteiger partial charge in [-0.15, -0.1) is 0 Å². The fraction of sp³-hybridized carbons (Fsp3) is 0.333. The van der Waals surface area contributed by atoms with Crippen LogP contribution in [-0.4, -0.2) is 24.2 Å². The molecule has 1 aromatic heterocycles. The molecule has 0 fully saturated rings. The van der Waals surface area contributed by atoms with Gasteiger partial charge in [-0.3, -0.25) is 0 Å². The van der Waals surface area contributed by atoms with Crippen molar-refractivity contribution in [2.75, 3.05) is 14.2 Å². The second kappa shape index (κ2) is 3.52. The summed E-state index contributed by atoms with van der Waals surface area (Å²) < 4.78 is 10.2. The Morgan fingerprint density at radius 1 is 1.18 bits per heavy atom. The van der Waals surface area contributed by atoms with Crippen LogP contribution in [-0.2, 0) is 0 Å². The summed E-state index contributed by atoms with van der Waals surface area (Å²) in [6, 6.07) is 1.60. The van der Waals surface area contributed by atoms with Gasteiger partial charge in [-0.1, -0.05) is 0 Å². The second-order valence-corrected chi connectivity index (χ2v) is 2.43. The Labute approximate surface area is 72.7 Å². The summed E-state index contributed by atoms with van der Waals surface area (Å²) in [5.41, 5.74) is 0. The number of rotatable bonds is 2. The second-order valence-electron chi connectivity index (χ2n) is 1.72. The van der Waals surface area contributed by atoms with Crippen molar-refractivity contribution in [3.8, 4) is 11.8 Å². The van der Waals surface area contributed by atoms with Crippen LogP contribution in [0.15, 0.2) is 10.8 Å². The third-order valence-electron chi connectivity index (χ3n) is 1.07. The fourth-order valence-electron chi connectivity index (χ4n) is 0.586. The van der Waals surface area contributed by atoms with E-state index in [1.807, 2.05) is 0 Å². The molecule has 0 aliphatic carbocycles. The molecule has 4 nitrogen and oxygen atoms in total. The SMILES string of the molecule is COc1cc(OC)nc(Br)n1. The van der Waals surface area contributed by atoms with Crippen LogP contribution in [0.2, 0.25) is 0 Å². The number of halogens is 1. The number of hydrogen-bond acceptors (Lipinski definition) is 4. The molecule has 1 rings (SSSR count). The van der Waals surface area contributed by atoms with Crippen LogP contribution >= 0.6 is 15.9 Å². The minimum Gasteiger partial charge on any atom is -0.481 e. The molecule has 1 heterocycles. The van der Waals surface area contributed by atoms with Crippen molar-refractivity contribution < 1.29 is 9.47 Å². The van der Waals surface area contributed by atoms with Gasteiger partial charge in [-0.25, -0.2) is 0 Å². The Kier molecular flexibility index (Phi) is 2.64. The lowest BCUT2D eigenvalue weighted by Crippen LogP contribution is -1.93. The zero-order valence-electron chi connectivity index (χ0n) is 6.17. The number of hydrogen-bond donors (Lipinski definition) is 0. The lowest BCUT2D eigenvalue weighted by atomic mass is 10.6. The van der Waals surface area contributed by atoms with Gasteiger partial charge in [-0.05, 0) is 15.9 Å². The summed E-state index contributed by atoms with van der Waals surface area (Å²) >= 11 is 3.11. The number of ether oxygens (including phenoxy) is 2. The highest BCUT2D eigenvalue weighted by Gasteiger charge is 2.00. The van der Waals surface area contributed by atoms with Gasteiger partial charge < -0.3 is 9.47 Å². The van der Waals surface area contributed by atoms with Crippen molar-refractivity contribution in [1.29, 1.82) is 0 Å². The topological polar surface area (TPSA) is 44.2 Å². The van der Waals surface area contributed by atoms with Gasteiger partial charge in [0.05, 0.1) is 20.3 Å². The van der Waals surface area contributed by atoms with Crippen molar-refractivity contribution in [2.45, 2.75) is 0 Å². The smallest absolute Gasteiger partial charge is 0.220 e. The van der Waals surface area contributed by atoms with E-state index in [2.05, 4.69) is 25.9 Å². The third-order valence-corrected chi connectivity index (χ3v) is 1.42. The van der Waals surface area contributed by atoms with Crippen molar-refractivity contribution >= 4 is 15.9 Å². The van der Waals surface area contributed by atoms with Crippen molar-refractivity contribution in [3.05, 3.63) is 10.8 Å². The molecule has 11 heavy (non-hydrogen) atoms. The molecule has 0 atom stereocenters. The Balaban J connectivity index is 3.02. The van der Waals surface area contributed by atoms with Crippen molar-refractivity contribution in [3.63, 3.8) is 0 Å². The van der Waals surface area contributed by atoms with Crippen LogP contribution in [0.25, 0.3) is 0 Å². The first-order valence-corrected chi connectivity index (χ1v) is 3.68. The molecule has 0 saturated carbocycles. The Morgan fingerprint density at radius 2 is 1.64 bits per heavy atom. The maximum atomic E-state index is 4.88. The number of methoxy groups -OCH3 is 2. The van der Waals surface area contributed by atoms with Crippen molar-refractivity contribution in [1.82, 2.24) is 9.97 Å². The Bertz CT molecular complexity index is 232. The molecule has 0 N–H and O–H groups in total. The molecule has 5 heteroatoms. The third kappa shape index (κ3) is 2.04. The van der Waals surface area contributed by atoms with Crippen LogP contribution in [0.1, 0.15) is 0 Å². The molecule has 0 radical (unpaired) electrons. The largest absolute Gasteiger partial charge is 0.481 e. The van der Waals surface area contributed by atoms with Gasteiger partial charge in [0.25, 0.3) is 0 Å². The average Bonchev–Trinajstić information content (AvgIpc) is 2.03. The van der Waals surface area contributed by atoms with Gasteiger partial charge in [0.1, 0.15) is 0 Å². The maximum Gasteiger partial charge on any atom is 0.220 e. The molecule has 0 aliphatic rings. The number of aromatic nitrogens is 2. The average molecular weight is 219 g/mol. The summed E-state index contributed by atoms with van der Waals surface area (Å²) in [6.45, 7) is 0. The predicted molar refractivity (Wildman–Crippen MR) is 42.8 cm³/mol. The van der Waals surface area contributed by atoms with E-state index in [0.717, 1.165) is 0 Å². The van der Waals surface area contributed by atoms with Crippen LogP contribution in [0.3, 0.4) is 0 Å². The molecule has 0 spiro atoms. The lowest BCUT2D eigenvalue weighted by Gasteiger charge is -2.01. The molecule has 0 amide bonds. The number of nitrogens with zero attached hydrogens (tertiary/aromatic N) is 2. The summed E-state index contributed by atoms with van der Waals surface area (Å²) in [7, 11) is 3.07. The Hall–Kier alpha value is -0.840. The van der Waals surface area contributed by atoms with E-state index in [1.165, 1.54) is 14.2 Å². The summed E-state index contributed by atoms with van der Waals surface area (Å²) in [5.74, 6) is 0.951. The molecular weight excluding hydrogens is 212 g/mol. The summed E-state index contributed by atoms with van der Waals surface area (Å²) in [4.78, 5) is 7.81.